The third kappa shape index (κ3) is 12.2. The van der Waals surface area contributed by atoms with Crippen LogP contribution in [0, 0.1) is 11.6 Å². The van der Waals surface area contributed by atoms with Crippen LogP contribution in [0.5, 0.6) is 0 Å². The molecule has 8 rings (SSSR count). The number of halogens is 2. The number of aromatic nitrogens is 4. The first-order valence-corrected chi connectivity index (χ1v) is 22.2. The number of rotatable bonds is 14. The number of hydroxylamine groups is 4. The minimum atomic E-state index is -0.709. The summed E-state index contributed by atoms with van der Waals surface area (Å²) in [4.78, 5) is 73.6. The van der Waals surface area contributed by atoms with Gasteiger partial charge in [0.05, 0.1) is 49.3 Å². The Morgan fingerprint density at radius 1 is 0.547 bits per heavy atom. The minimum Gasteiger partial charge on any atom is -0.338 e. The highest BCUT2D eigenvalue weighted by Crippen LogP contribution is 2.28. The average molecular weight is 877 g/mol. The molecule has 0 N–H and O–H groups in total. The van der Waals surface area contributed by atoms with Gasteiger partial charge in [-0.25, -0.2) is 48.3 Å². The highest BCUT2D eigenvalue weighted by atomic mass is 19.1. The number of carbonyl (C=O) groups excluding carboxylic acids is 2. The van der Waals surface area contributed by atoms with Crippen molar-refractivity contribution in [2.24, 2.45) is 9.98 Å². The summed E-state index contributed by atoms with van der Waals surface area (Å²) in [5, 5.41) is 3.13. The molecule has 16 nitrogen and oxygen atoms in total. The van der Waals surface area contributed by atoms with Crippen LogP contribution in [0.2, 0.25) is 0 Å². The molecule has 4 aromatic rings. The van der Waals surface area contributed by atoms with E-state index in [-0.39, 0.29) is 0 Å². The molecule has 0 radical (unpaired) electrons. The number of hydrogen-bond acceptors (Lipinski definition) is 16. The van der Waals surface area contributed by atoms with Crippen LogP contribution in [0.3, 0.4) is 0 Å². The molecule has 0 aliphatic carbocycles. The van der Waals surface area contributed by atoms with Gasteiger partial charge in [0, 0.05) is 77.4 Å². The van der Waals surface area contributed by atoms with E-state index in [9.17, 15) is 18.4 Å². The molecule has 4 aliphatic rings. The smallest absolute Gasteiger partial charge is 0.338 e. The van der Waals surface area contributed by atoms with Crippen LogP contribution in [0.25, 0.3) is 0 Å². The molecule has 6 heterocycles. The van der Waals surface area contributed by atoms with Gasteiger partial charge in [0.1, 0.15) is 11.7 Å². The van der Waals surface area contributed by atoms with Gasteiger partial charge in [0.25, 0.3) is 0 Å². The number of para-hydroxylation sites is 2. The van der Waals surface area contributed by atoms with Crippen molar-refractivity contribution < 1.29 is 28.0 Å². The number of fused-ring (bicyclic) bond motifs is 2. The minimum absolute atomic E-state index is 0.432. The van der Waals surface area contributed by atoms with Crippen molar-refractivity contribution in [3.05, 3.63) is 108 Å². The lowest BCUT2D eigenvalue weighted by atomic mass is 10.0. The average Bonchev–Trinajstić information content (AvgIpc) is 3.33. The van der Waals surface area contributed by atoms with Gasteiger partial charge in [0.15, 0.2) is 11.6 Å². The number of unbranched alkanes of at least 4 members (excludes halogenated alkanes) is 2. The molecule has 64 heavy (non-hydrogen) atoms. The maximum atomic E-state index is 13.4. The van der Waals surface area contributed by atoms with Crippen LogP contribution in [-0.4, -0.2) is 142 Å². The molecule has 0 unspecified atom stereocenters. The predicted octanol–water partition coefficient (Wildman–Crippen LogP) is 5.48. The highest BCUT2D eigenvalue weighted by molar-refractivity contribution is 5.94. The van der Waals surface area contributed by atoms with Gasteiger partial charge >= 0.3 is 11.9 Å². The summed E-state index contributed by atoms with van der Waals surface area (Å²) in [5.74, 6) is 0.0561. The lowest BCUT2D eigenvalue weighted by Gasteiger charge is -2.34. The molecule has 18 heteroatoms. The van der Waals surface area contributed by atoms with Crippen molar-refractivity contribution in [1.29, 1.82) is 0 Å². The van der Waals surface area contributed by atoms with Crippen molar-refractivity contribution in [3.63, 3.8) is 0 Å². The Labute approximate surface area is 371 Å². The van der Waals surface area contributed by atoms with Crippen molar-refractivity contribution in [3.8, 4) is 0 Å². The Morgan fingerprint density at radius 2 is 0.938 bits per heavy atom. The summed E-state index contributed by atoms with van der Waals surface area (Å²) >= 11 is 0. The SMILES string of the molecule is O=C(/C=C/C(=O)ON(CCCCN1CCN(c2ncc(F)cn2)CC1)C1=Nc2ccccc2CC1)ON(CCCCN1CCN(c2ncc(F)cn2)CC1)C1=Nc2ccccc2CC1. The first-order chi connectivity index (χ1) is 31.3. The molecule has 2 aromatic heterocycles. The molecule has 0 bridgehead atoms. The molecule has 2 aromatic carbocycles. The van der Waals surface area contributed by atoms with Gasteiger partial charge in [-0.3, -0.25) is 9.80 Å². The maximum Gasteiger partial charge on any atom is 0.356 e. The lowest BCUT2D eigenvalue weighted by Crippen LogP contribution is -2.47. The van der Waals surface area contributed by atoms with E-state index < -0.39 is 23.6 Å². The van der Waals surface area contributed by atoms with Gasteiger partial charge in [-0.2, -0.15) is 10.1 Å². The van der Waals surface area contributed by atoms with E-state index in [1.807, 2.05) is 36.4 Å². The van der Waals surface area contributed by atoms with Crippen LogP contribution in [0.15, 0.2) is 95.5 Å². The zero-order valence-electron chi connectivity index (χ0n) is 36.0. The molecular weight excluding hydrogens is 823 g/mol. The molecule has 0 atom stereocenters. The van der Waals surface area contributed by atoms with Crippen molar-refractivity contribution in [2.45, 2.75) is 51.4 Å². The third-order valence-electron chi connectivity index (χ3n) is 11.7. The molecular formula is C46H54F2N12O4. The quantitative estimate of drug-likeness (QED) is 0.0895. The van der Waals surface area contributed by atoms with Gasteiger partial charge in [-0.05, 0) is 74.9 Å². The Morgan fingerprint density at radius 3 is 1.34 bits per heavy atom. The van der Waals surface area contributed by atoms with Gasteiger partial charge in [-0.1, -0.05) is 36.4 Å². The third-order valence-corrected chi connectivity index (χ3v) is 11.7. The standard InChI is InChI=1S/C46H54F2N12O4/c47-37-31-49-45(50-32-37)57-27-23-55(24-28-57)19-5-7-21-59(41-15-13-35-9-1-3-11-39(35)53-41)63-43(61)17-18-44(62)64-60(42-16-14-36-10-2-4-12-40(36)54-42)22-8-6-20-56-25-29-58(30-26-56)46-51-33-38(48)34-52-46/h1-4,9-12,17-18,31-34H,5-8,13-16,19-30H2/b18-17+. The first-order valence-electron chi connectivity index (χ1n) is 22.2. The predicted molar refractivity (Wildman–Crippen MR) is 238 cm³/mol. The molecule has 336 valence electrons. The molecule has 2 fully saturated rings. The van der Waals surface area contributed by atoms with E-state index in [0.717, 1.165) is 139 Å². The number of aliphatic imine (C=N–C) groups is 2. The van der Waals surface area contributed by atoms with E-state index in [0.29, 0.717) is 49.5 Å². The number of carbonyl (C=O) groups is 2. The number of nitrogens with zero attached hydrogens (tertiary/aromatic N) is 12. The van der Waals surface area contributed by atoms with E-state index in [1.54, 1.807) is 10.1 Å². The summed E-state index contributed by atoms with van der Waals surface area (Å²) < 4.78 is 26.6. The fourth-order valence-electron chi connectivity index (χ4n) is 8.24. The van der Waals surface area contributed by atoms with Crippen molar-refractivity contribution in [2.75, 3.05) is 88.3 Å². The van der Waals surface area contributed by atoms with Crippen LogP contribution in [-0.2, 0) is 32.1 Å². The zero-order valence-corrected chi connectivity index (χ0v) is 36.0. The van der Waals surface area contributed by atoms with Gasteiger partial charge in [-0.15, -0.1) is 0 Å². The Bertz CT molecular complexity index is 2120. The van der Waals surface area contributed by atoms with Crippen LogP contribution < -0.4 is 9.80 Å². The number of benzene rings is 2. The number of anilines is 2. The van der Waals surface area contributed by atoms with Crippen LogP contribution in [0.4, 0.5) is 32.1 Å². The summed E-state index contributed by atoms with van der Waals surface area (Å²) in [5.41, 5.74) is 3.97. The fourth-order valence-corrected chi connectivity index (χ4v) is 8.24. The summed E-state index contributed by atoms with van der Waals surface area (Å²) in [6.45, 7) is 8.90. The normalized spacial score (nSPS) is 16.7. The Kier molecular flexibility index (Phi) is 15.1. The van der Waals surface area contributed by atoms with Crippen LogP contribution in [0.1, 0.15) is 49.7 Å². The number of hydrogen-bond donors (Lipinski definition) is 0. The lowest BCUT2D eigenvalue weighted by molar-refractivity contribution is -0.169. The van der Waals surface area contributed by atoms with Crippen molar-refractivity contribution >= 4 is 46.9 Å². The molecule has 0 spiro atoms. The number of aryl methyl sites for hydroxylation is 2. The fraction of sp³-hybridized carbons (Fsp3) is 0.435. The Balaban J connectivity index is 0.841. The first kappa shape index (κ1) is 44.2. The van der Waals surface area contributed by atoms with Crippen LogP contribution >= 0.6 is 0 Å². The van der Waals surface area contributed by atoms with E-state index in [2.05, 4.69) is 51.7 Å². The summed E-state index contributed by atoms with van der Waals surface area (Å²) in [7, 11) is 0. The highest BCUT2D eigenvalue weighted by Gasteiger charge is 2.25. The second kappa shape index (κ2) is 21.8. The zero-order chi connectivity index (χ0) is 44.1. The molecule has 4 aliphatic heterocycles. The van der Waals surface area contributed by atoms with E-state index in [4.69, 9.17) is 19.7 Å². The topological polar surface area (TPSA) is 148 Å². The van der Waals surface area contributed by atoms with Gasteiger partial charge in [0.2, 0.25) is 11.9 Å². The second-order valence-corrected chi connectivity index (χ2v) is 16.1. The Hall–Kier alpha value is -6.40. The second-order valence-electron chi connectivity index (χ2n) is 16.1. The maximum absolute atomic E-state index is 13.4. The number of piperazine rings is 2. The molecule has 2 saturated heterocycles. The number of amidine groups is 2. The van der Waals surface area contributed by atoms with E-state index >= 15 is 0 Å². The molecule has 0 saturated carbocycles. The monoisotopic (exact) mass is 876 g/mol. The summed E-state index contributed by atoms with van der Waals surface area (Å²) in [6.07, 6.45) is 12.9. The molecule has 0 amide bonds. The summed E-state index contributed by atoms with van der Waals surface area (Å²) in [6, 6.07) is 15.9. The largest absolute Gasteiger partial charge is 0.356 e. The van der Waals surface area contributed by atoms with Gasteiger partial charge < -0.3 is 19.5 Å². The van der Waals surface area contributed by atoms with Crippen molar-refractivity contribution in [1.82, 2.24) is 39.9 Å². The van der Waals surface area contributed by atoms with E-state index in [1.165, 1.54) is 24.8 Å².